The number of hydrogen-bond acceptors (Lipinski definition) is 5. The molecule has 1 heterocycles. The van der Waals surface area contributed by atoms with Gasteiger partial charge < -0.3 is 20.7 Å². The molecule has 0 aliphatic carbocycles. The maximum absolute atomic E-state index is 11.7. The van der Waals surface area contributed by atoms with E-state index < -0.39 is 17.9 Å². The molecule has 2 atom stereocenters. The van der Waals surface area contributed by atoms with Crippen LogP contribution in [0.5, 0.6) is 0 Å². The number of nitrogens with two attached hydrogens (primary N) is 1. The molecule has 7 nitrogen and oxygen atoms in total. The predicted molar refractivity (Wildman–Crippen MR) is 68.0 cm³/mol. The lowest BCUT2D eigenvalue weighted by molar-refractivity contribution is -0.148. The molecule has 1 aliphatic rings. The SMILES string of the molecule is CCOC(=O)C(N)C(=O)NC(C)CN1CCCC1=O. The van der Waals surface area contributed by atoms with Gasteiger partial charge in [0.1, 0.15) is 0 Å². The van der Waals surface area contributed by atoms with Crippen molar-refractivity contribution >= 4 is 17.8 Å². The zero-order valence-electron chi connectivity index (χ0n) is 11.3. The molecule has 2 unspecified atom stereocenters. The van der Waals surface area contributed by atoms with Crippen molar-refractivity contribution in [1.29, 1.82) is 0 Å². The van der Waals surface area contributed by atoms with Gasteiger partial charge in [-0.05, 0) is 20.3 Å². The average Bonchev–Trinajstić information content (AvgIpc) is 2.74. The van der Waals surface area contributed by atoms with Crippen LogP contribution < -0.4 is 11.1 Å². The first-order chi connectivity index (χ1) is 8.95. The lowest BCUT2D eigenvalue weighted by atomic mass is 10.2. The van der Waals surface area contributed by atoms with Crippen LogP contribution in [0.4, 0.5) is 0 Å². The number of rotatable bonds is 6. The van der Waals surface area contributed by atoms with Crippen LogP contribution in [0, 0.1) is 0 Å². The highest BCUT2D eigenvalue weighted by molar-refractivity contribution is 6.01. The van der Waals surface area contributed by atoms with E-state index in [1.165, 1.54) is 0 Å². The van der Waals surface area contributed by atoms with E-state index in [2.05, 4.69) is 10.1 Å². The molecule has 0 aromatic heterocycles. The summed E-state index contributed by atoms with van der Waals surface area (Å²) in [6, 6.07) is -1.58. The van der Waals surface area contributed by atoms with Crippen molar-refractivity contribution in [2.45, 2.75) is 38.8 Å². The second-order valence-electron chi connectivity index (χ2n) is 4.58. The van der Waals surface area contributed by atoms with Gasteiger partial charge in [-0.3, -0.25) is 9.59 Å². The quantitative estimate of drug-likeness (QED) is 0.477. The minimum Gasteiger partial charge on any atom is -0.464 e. The van der Waals surface area contributed by atoms with Gasteiger partial charge in [0.2, 0.25) is 11.8 Å². The van der Waals surface area contributed by atoms with Crippen LogP contribution in [0.25, 0.3) is 0 Å². The van der Waals surface area contributed by atoms with Crippen LogP contribution in [-0.2, 0) is 19.1 Å². The number of likely N-dealkylation sites (tertiary alicyclic amines) is 1. The molecule has 7 heteroatoms. The number of hydrogen-bond donors (Lipinski definition) is 2. The summed E-state index contributed by atoms with van der Waals surface area (Å²) in [4.78, 5) is 36.1. The smallest absolute Gasteiger partial charge is 0.332 e. The van der Waals surface area contributed by atoms with Gasteiger partial charge in [0, 0.05) is 25.6 Å². The van der Waals surface area contributed by atoms with E-state index in [1.807, 2.05) is 0 Å². The highest BCUT2D eigenvalue weighted by Gasteiger charge is 2.26. The maximum atomic E-state index is 11.7. The molecule has 0 aromatic carbocycles. The number of nitrogens with one attached hydrogen (secondary N) is 1. The van der Waals surface area contributed by atoms with E-state index in [4.69, 9.17) is 5.73 Å². The van der Waals surface area contributed by atoms with Gasteiger partial charge in [-0.25, -0.2) is 4.79 Å². The first-order valence-corrected chi connectivity index (χ1v) is 6.46. The number of carbonyl (C=O) groups excluding carboxylic acids is 3. The predicted octanol–water partition coefficient (Wildman–Crippen LogP) is -0.996. The normalized spacial score (nSPS) is 18.1. The van der Waals surface area contributed by atoms with Crippen molar-refractivity contribution in [3.8, 4) is 0 Å². The van der Waals surface area contributed by atoms with Crippen molar-refractivity contribution in [2.75, 3.05) is 19.7 Å². The van der Waals surface area contributed by atoms with Crippen molar-refractivity contribution in [1.82, 2.24) is 10.2 Å². The molecular weight excluding hydrogens is 250 g/mol. The second-order valence-corrected chi connectivity index (χ2v) is 4.58. The van der Waals surface area contributed by atoms with Gasteiger partial charge >= 0.3 is 5.97 Å². The molecule has 108 valence electrons. The summed E-state index contributed by atoms with van der Waals surface area (Å²) in [5.41, 5.74) is 5.46. The Bertz CT molecular complexity index is 359. The van der Waals surface area contributed by atoms with E-state index in [-0.39, 0.29) is 18.6 Å². The van der Waals surface area contributed by atoms with E-state index >= 15 is 0 Å². The minimum absolute atomic E-state index is 0.0933. The molecule has 1 saturated heterocycles. The Labute approximate surface area is 112 Å². The zero-order chi connectivity index (χ0) is 14.4. The largest absolute Gasteiger partial charge is 0.464 e. The highest BCUT2D eigenvalue weighted by atomic mass is 16.5. The van der Waals surface area contributed by atoms with Gasteiger partial charge in [-0.2, -0.15) is 0 Å². The third kappa shape index (κ3) is 4.51. The Kier molecular flexibility index (Phi) is 5.75. The summed E-state index contributed by atoms with van der Waals surface area (Å²) < 4.78 is 4.67. The molecule has 1 fully saturated rings. The van der Waals surface area contributed by atoms with E-state index in [0.717, 1.165) is 6.42 Å². The Balaban J connectivity index is 2.38. The topological polar surface area (TPSA) is 102 Å². The third-order valence-corrected chi connectivity index (χ3v) is 2.88. The molecule has 1 rings (SSSR count). The summed E-state index contributed by atoms with van der Waals surface area (Å²) in [6.45, 7) is 4.73. The molecule has 0 aromatic rings. The lowest BCUT2D eigenvalue weighted by Crippen LogP contribution is -2.51. The first-order valence-electron chi connectivity index (χ1n) is 6.46. The van der Waals surface area contributed by atoms with E-state index in [0.29, 0.717) is 19.5 Å². The maximum Gasteiger partial charge on any atom is 0.332 e. The fourth-order valence-electron chi connectivity index (χ4n) is 1.94. The van der Waals surface area contributed by atoms with Gasteiger partial charge in [-0.15, -0.1) is 0 Å². The summed E-state index contributed by atoms with van der Waals surface area (Å²) in [5, 5.41) is 2.61. The summed E-state index contributed by atoms with van der Waals surface area (Å²) in [7, 11) is 0. The van der Waals surface area contributed by atoms with E-state index in [1.54, 1.807) is 18.7 Å². The molecule has 1 aliphatic heterocycles. The lowest BCUT2D eigenvalue weighted by Gasteiger charge is -2.22. The summed E-state index contributed by atoms with van der Waals surface area (Å²) >= 11 is 0. The van der Waals surface area contributed by atoms with Crippen molar-refractivity contribution in [3.63, 3.8) is 0 Å². The molecular formula is C12H21N3O4. The summed E-state index contributed by atoms with van der Waals surface area (Å²) in [5.74, 6) is -1.24. The van der Waals surface area contributed by atoms with Crippen molar-refractivity contribution < 1.29 is 19.1 Å². The monoisotopic (exact) mass is 271 g/mol. The average molecular weight is 271 g/mol. The first kappa shape index (κ1) is 15.4. The Morgan fingerprint density at radius 2 is 2.21 bits per heavy atom. The number of esters is 1. The van der Waals surface area contributed by atoms with Crippen LogP contribution in [0.2, 0.25) is 0 Å². The van der Waals surface area contributed by atoms with Gasteiger partial charge in [0.25, 0.3) is 0 Å². The van der Waals surface area contributed by atoms with Crippen molar-refractivity contribution in [3.05, 3.63) is 0 Å². The number of ether oxygens (including phenoxy) is 1. The number of carbonyl (C=O) groups is 3. The highest BCUT2D eigenvalue weighted by Crippen LogP contribution is 2.09. The van der Waals surface area contributed by atoms with Gasteiger partial charge in [-0.1, -0.05) is 0 Å². The van der Waals surface area contributed by atoms with Crippen molar-refractivity contribution in [2.24, 2.45) is 5.73 Å². The second kappa shape index (κ2) is 7.08. The fraction of sp³-hybridized carbons (Fsp3) is 0.750. The molecule has 0 bridgehead atoms. The zero-order valence-corrected chi connectivity index (χ0v) is 11.3. The fourth-order valence-corrected chi connectivity index (χ4v) is 1.94. The Morgan fingerprint density at radius 1 is 1.53 bits per heavy atom. The Morgan fingerprint density at radius 3 is 2.74 bits per heavy atom. The van der Waals surface area contributed by atoms with E-state index in [9.17, 15) is 14.4 Å². The number of amides is 2. The van der Waals surface area contributed by atoms with Crippen LogP contribution in [0.15, 0.2) is 0 Å². The third-order valence-electron chi connectivity index (χ3n) is 2.88. The van der Waals surface area contributed by atoms with Gasteiger partial charge in [0.15, 0.2) is 6.04 Å². The standard InChI is InChI=1S/C12H21N3O4/c1-3-19-12(18)10(13)11(17)14-8(2)7-15-6-4-5-9(15)16/h8,10H,3-7,13H2,1-2H3,(H,14,17). The molecule has 19 heavy (non-hydrogen) atoms. The van der Waals surface area contributed by atoms with Crippen LogP contribution in [0.3, 0.4) is 0 Å². The molecule has 0 saturated carbocycles. The minimum atomic E-state index is -1.32. The van der Waals surface area contributed by atoms with Crippen LogP contribution >= 0.6 is 0 Å². The van der Waals surface area contributed by atoms with Gasteiger partial charge in [0.05, 0.1) is 6.61 Å². The molecule has 0 radical (unpaired) electrons. The van der Waals surface area contributed by atoms with Crippen LogP contribution in [-0.4, -0.2) is 54.5 Å². The molecule has 2 amide bonds. The Hall–Kier alpha value is -1.63. The van der Waals surface area contributed by atoms with Crippen LogP contribution in [0.1, 0.15) is 26.7 Å². The summed E-state index contributed by atoms with van der Waals surface area (Å²) in [6.07, 6.45) is 1.41. The molecule has 0 spiro atoms. The number of nitrogens with zero attached hydrogens (tertiary/aromatic N) is 1. The molecule has 3 N–H and O–H groups in total.